The minimum absolute atomic E-state index is 0.178. The number of amides is 1. The number of hydrogen-bond acceptors (Lipinski definition) is 4. The zero-order chi connectivity index (χ0) is 11.4. The van der Waals surface area contributed by atoms with E-state index in [0.717, 1.165) is 13.0 Å². The number of nitrogen functional groups attached to an aromatic ring is 1. The molecule has 0 atom stereocenters. The Labute approximate surface area is 93.6 Å². The zero-order valence-corrected chi connectivity index (χ0v) is 8.81. The van der Waals surface area contributed by atoms with Crippen LogP contribution in [0.25, 0.3) is 0 Å². The average Bonchev–Trinajstić information content (AvgIpc) is 2.68. The molecule has 16 heavy (non-hydrogen) atoms. The van der Waals surface area contributed by atoms with Crippen LogP contribution in [0.5, 0.6) is 0 Å². The molecule has 82 valence electrons. The molecular weight excluding hydrogens is 204 g/mol. The SMILES string of the molecule is Nc1ccc(C#CCN2CCCC2=O)nn1. The summed E-state index contributed by atoms with van der Waals surface area (Å²) >= 11 is 0. The van der Waals surface area contributed by atoms with Gasteiger partial charge in [0.2, 0.25) is 5.91 Å². The zero-order valence-electron chi connectivity index (χ0n) is 8.81. The Morgan fingerprint density at radius 3 is 2.94 bits per heavy atom. The normalized spacial score (nSPS) is 14.8. The first-order valence-corrected chi connectivity index (χ1v) is 5.11. The molecule has 0 bridgehead atoms. The monoisotopic (exact) mass is 216 g/mol. The van der Waals surface area contributed by atoms with Crippen molar-refractivity contribution in [3.63, 3.8) is 0 Å². The second-order valence-corrected chi connectivity index (χ2v) is 3.56. The lowest BCUT2D eigenvalue weighted by atomic mass is 10.4. The molecule has 2 heterocycles. The highest BCUT2D eigenvalue weighted by Gasteiger charge is 2.18. The van der Waals surface area contributed by atoms with Crippen molar-refractivity contribution in [3.8, 4) is 11.8 Å². The van der Waals surface area contributed by atoms with Gasteiger partial charge in [0, 0.05) is 13.0 Å². The van der Waals surface area contributed by atoms with E-state index in [4.69, 9.17) is 5.73 Å². The second kappa shape index (κ2) is 4.62. The molecule has 1 saturated heterocycles. The Bertz CT molecular complexity index is 443. The summed E-state index contributed by atoms with van der Waals surface area (Å²) in [6.45, 7) is 1.27. The maximum atomic E-state index is 11.3. The van der Waals surface area contributed by atoms with Crippen LogP contribution in [0.15, 0.2) is 12.1 Å². The molecule has 0 aliphatic carbocycles. The summed E-state index contributed by atoms with van der Waals surface area (Å²) in [5, 5.41) is 7.50. The van der Waals surface area contributed by atoms with Gasteiger partial charge in [-0.2, -0.15) is 0 Å². The lowest BCUT2D eigenvalue weighted by Gasteiger charge is -2.09. The Morgan fingerprint density at radius 1 is 1.44 bits per heavy atom. The van der Waals surface area contributed by atoms with Gasteiger partial charge in [-0.05, 0) is 24.5 Å². The van der Waals surface area contributed by atoms with Crippen molar-refractivity contribution in [2.75, 3.05) is 18.8 Å². The molecule has 2 N–H and O–H groups in total. The summed E-state index contributed by atoms with van der Waals surface area (Å²) in [4.78, 5) is 13.0. The Balaban J connectivity index is 1.95. The van der Waals surface area contributed by atoms with Crippen LogP contribution in [0.3, 0.4) is 0 Å². The van der Waals surface area contributed by atoms with Crippen LogP contribution in [-0.2, 0) is 4.79 Å². The quantitative estimate of drug-likeness (QED) is 0.672. The fraction of sp³-hybridized carbons (Fsp3) is 0.364. The van der Waals surface area contributed by atoms with Gasteiger partial charge in [-0.15, -0.1) is 10.2 Å². The second-order valence-electron chi connectivity index (χ2n) is 3.56. The third kappa shape index (κ3) is 2.48. The molecular formula is C11H12N4O. The number of carbonyl (C=O) groups excluding carboxylic acids is 1. The highest BCUT2D eigenvalue weighted by molar-refractivity contribution is 5.78. The van der Waals surface area contributed by atoms with Gasteiger partial charge in [0.05, 0.1) is 6.54 Å². The molecule has 1 aliphatic heterocycles. The topological polar surface area (TPSA) is 72.1 Å². The van der Waals surface area contributed by atoms with Crippen LogP contribution >= 0.6 is 0 Å². The molecule has 0 radical (unpaired) electrons. The number of anilines is 1. The summed E-state index contributed by atoms with van der Waals surface area (Å²) in [6, 6.07) is 3.36. The fourth-order valence-corrected chi connectivity index (χ4v) is 1.51. The molecule has 5 nitrogen and oxygen atoms in total. The number of nitrogens with zero attached hydrogens (tertiary/aromatic N) is 3. The van der Waals surface area contributed by atoms with E-state index in [2.05, 4.69) is 22.0 Å². The smallest absolute Gasteiger partial charge is 0.223 e. The van der Waals surface area contributed by atoms with Gasteiger partial charge in [-0.1, -0.05) is 5.92 Å². The molecule has 0 unspecified atom stereocenters. The van der Waals surface area contributed by atoms with E-state index >= 15 is 0 Å². The fourth-order valence-electron chi connectivity index (χ4n) is 1.51. The van der Waals surface area contributed by atoms with Crippen molar-refractivity contribution in [3.05, 3.63) is 17.8 Å². The molecule has 0 aromatic carbocycles. The molecule has 1 aromatic heterocycles. The van der Waals surface area contributed by atoms with Gasteiger partial charge in [-0.3, -0.25) is 4.79 Å². The number of carbonyl (C=O) groups is 1. The summed E-state index contributed by atoms with van der Waals surface area (Å²) in [5.41, 5.74) is 5.97. The van der Waals surface area contributed by atoms with E-state index in [1.54, 1.807) is 17.0 Å². The van der Waals surface area contributed by atoms with Crippen molar-refractivity contribution in [2.45, 2.75) is 12.8 Å². The van der Waals surface area contributed by atoms with Crippen LogP contribution in [0.1, 0.15) is 18.5 Å². The minimum Gasteiger partial charge on any atom is -0.382 e. The molecule has 1 aromatic rings. The third-order valence-electron chi connectivity index (χ3n) is 2.34. The van der Waals surface area contributed by atoms with Gasteiger partial charge >= 0.3 is 0 Å². The summed E-state index contributed by atoms with van der Waals surface area (Å²) in [6.07, 6.45) is 1.57. The van der Waals surface area contributed by atoms with E-state index in [0.29, 0.717) is 24.5 Å². The van der Waals surface area contributed by atoms with E-state index in [9.17, 15) is 4.79 Å². The molecule has 5 heteroatoms. The number of rotatable bonds is 1. The van der Waals surface area contributed by atoms with Gasteiger partial charge in [0.15, 0.2) is 0 Å². The first-order chi connectivity index (χ1) is 7.75. The number of nitrogens with two attached hydrogens (primary N) is 1. The summed E-state index contributed by atoms with van der Waals surface area (Å²) < 4.78 is 0. The first kappa shape index (κ1) is 10.4. The third-order valence-corrected chi connectivity index (χ3v) is 2.34. The van der Waals surface area contributed by atoms with Crippen LogP contribution in [0.2, 0.25) is 0 Å². The van der Waals surface area contributed by atoms with Crippen molar-refractivity contribution >= 4 is 11.7 Å². The van der Waals surface area contributed by atoms with Crippen LogP contribution in [0, 0.1) is 11.8 Å². The summed E-state index contributed by atoms with van der Waals surface area (Å²) in [5.74, 6) is 6.31. The van der Waals surface area contributed by atoms with Crippen LogP contribution in [-0.4, -0.2) is 34.1 Å². The van der Waals surface area contributed by atoms with Gasteiger partial charge in [0.1, 0.15) is 11.5 Å². The van der Waals surface area contributed by atoms with E-state index in [1.165, 1.54) is 0 Å². The number of aromatic nitrogens is 2. The Morgan fingerprint density at radius 2 is 2.31 bits per heavy atom. The van der Waals surface area contributed by atoms with Gasteiger partial charge < -0.3 is 10.6 Å². The van der Waals surface area contributed by atoms with Gasteiger partial charge in [0.25, 0.3) is 0 Å². The summed E-state index contributed by atoms with van der Waals surface area (Å²) in [7, 11) is 0. The lowest BCUT2D eigenvalue weighted by molar-refractivity contribution is -0.127. The van der Waals surface area contributed by atoms with Crippen molar-refractivity contribution < 1.29 is 4.79 Å². The van der Waals surface area contributed by atoms with Crippen molar-refractivity contribution in [1.82, 2.24) is 15.1 Å². The predicted molar refractivity (Wildman–Crippen MR) is 59.1 cm³/mol. The maximum Gasteiger partial charge on any atom is 0.223 e. The molecule has 1 aliphatic rings. The standard InChI is InChI=1S/C11H12N4O/c12-10-6-5-9(13-14-10)3-1-7-15-8-2-4-11(15)16/h5-6H,2,4,7-8H2,(H2,12,14). The number of likely N-dealkylation sites (tertiary alicyclic amines) is 1. The Kier molecular flexibility index (Phi) is 3.01. The first-order valence-electron chi connectivity index (χ1n) is 5.11. The predicted octanol–water partition coefficient (Wildman–Crippen LogP) is 0.0327. The molecule has 1 fully saturated rings. The van der Waals surface area contributed by atoms with Crippen LogP contribution in [0.4, 0.5) is 5.82 Å². The van der Waals surface area contributed by atoms with Crippen molar-refractivity contribution in [1.29, 1.82) is 0 Å². The average molecular weight is 216 g/mol. The maximum absolute atomic E-state index is 11.3. The number of hydrogen-bond donors (Lipinski definition) is 1. The molecule has 0 spiro atoms. The minimum atomic E-state index is 0.178. The highest BCUT2D eigenvalue weighted by atomic mass is 16.2. The molecule has 2 rings (SSSR count). The van der Waals surface area contributed by atoms with E-state index in [1.807, 2.05) is 0 Å². The molecule has 1 amide bonds. The van der Waals surface area contributed by atoms with E-state index < -0.39 is 0 Å². The lowest BCUT2D eigenvalue weighted by Crippen LogP contribution is -2.24. The van der Waals surface area contributed by atoms with Crippen molar-refractivity contribution in [2.24, 2.45) is 0 Å². The largest absolute Gasteiger partial charge is 0.382 e. The highest BCUT2D eigenvalue weighted by Crippen LogP contribution is 2.07. The molecule has 0 saturated carbocycles. The van der Waals surface area contributed by atoms with Gasteiger partial charge in [-0.25, -0.2) is 0 Å². The van der Waals surface area contributed by atoms with Crippen LogP contribution < -0.4 is 5.73 Å². The van der Waals surface area contributed by atoms with E-state index in [-0.39, 0.29) is 5.91 Å². The Hall–Kier alpha value is -2.09.